The van der Waals surface area contributed by atoms with Crippen molar-refractivity contribution in [3.63, 3.8) is 0 Å². The smallest absolute Gasteiger partial charge is 0.297 e. The highest BCUT2D eigenvalue weighted by molar-refractivity contribution is 7.98. The van der Waals surface area contributed by atoms with Gasteiger partial charge in [-0.3, -0.25) is 18.6 Å². The first kappa shape index (κ1) is 19.2. The van der Waals surface area contributed by atoms with E-state index >= 15 is 0 Å². The summed E-state index contributed by atoms with van der Waals surface area (Å²) in [4.78, 5) is 26.9. The van der Waals surface area contributed by atoms with E-state index in [1.807, 2.05) is 54.8 Å². The number of fused-ring (bicyclic) bond motifs is 3. The molecule has 2 heterocycles. The maximum absolute atomic E-state index is 13.1. The zero-order valence-electron chi connectivity index (χ0n) is 16.3. The summed E-state index contributed by atoms with van der Waals surface area (Å²) in [5.41, 5.74) is 2.10. The third kappa shape index (κ3) is 3.63. The van der Waals surface area contributed by atoms with Gasteiger partial charge in [-0.25, -0.2) is 0 Å². The van der Waals surface area contributed by atoms with Gasteiger partial charge in [-0.05, 0) is 43.0 Å². The van der Waals surface area contributed by atoms with Gasteiger partial charge in [-0.2, -0.15) is 0 Å². The second kappa shape index (κ2) is 8.08. The van der Waals surface area contributed by atoms with Gasteiger partial charge >= 0.3 is 0 Å². The zero-order valence-corrected chi connectivity index (χ0v) is 17.1. The fourth-order valence-corrected chi connectivity index (χ4v) is 3.87. The summed E-state index contributed by atoms with van der Waals surface area (Å²) < 4.78 is 3.26. The maximum atomic E-state index is 13.1. The van der Waals surface area contributed by atoms with Crippen molar-refractivity contribution in [1.29, 1.82) is 0 Å². The number of anilines is 1. The molecule has 0 aliphatic carbocycles. The molecule has 0 atom stereocenters. The monoisotopic (exact) mass is 407 g/mol. The van der Waals surface area contributed by atoms with Gasteiger partial charge in [-0.15, -0.1) is 22.0 Å². The lowest BCUT2D eigenvalue weighted by atomic mass is 10.2. The van der Waals surface area contributed by atoms with Gasteiger partial charge in [0.1, 0.15) is 12.4 Å². The summed E-state index contributed by atoms with van der Waals surface area (Å²) in [5, 5.41) is 11.2. The quantitative estimate of drug-likeness (QED) is 0.496. The van der Waals surface area contributed by atoms with Crippen LogP contribution < -0.4 is 10.9 Å². The minimum Gasteiger partial charge on any atom is -0.324 e. The number of carbonyl (C=O) groups is 1. The first-order valence-corrected chi connectivity index (χ1v) is 10.6. The van der Waals surface area contributed by atoms with Crippen LogP contribution in [0.25, 0.3) is 16.7 Å². The molecule has 4 aromatic rings. The number of hydrogen-bond acceptors (Lipinski definition) is 5. The summed E-state index contributed by atoms with van der Waals surface area (Å²) in [6.45, 7) is 1.95. The molecule has 148 valence electrons. The molecule has 0 unspecified atom stereocenters. The summed E-state index contributed by atoms with van der Waals surface area (Å²) in [5.74, 6) is 0.481. The van der Waals surface area contributed by atoms with Gasteiger partial charge in [0.15, 0.2) is 0 Å². The predicted molar refractivity (Wildman–Crippen MR) is 116 cm³/mol. The number of rotatable bonds is 6. The molecule has 4 rings (SSSR count). The van der Waals surface area contributed by atoms with Crippen LogP contribution >= 0.6 is 11.8 Å². The molecule has 0 aliphatic rings. The van der Waals surface area contributed by atoms with Gasteiger partial charge in [0.25, 0.3) is 5.56 Å². The molecule has 1 N–H and O–H groups in total. The molecule has 1 amide bonds. The number of hydrogen-bond donors (Lipinski definition) is 1. The van der Waals surface area contributed by atoms with E-state index in [-0.39, 0.29) is 23.7 Å². The van der Waals surface area contributed by atoms with Gasteiger partial charge < -0.3 is 5.32 Å². The minimum absolute atomic E-state index is 0.102. The van der Waals surface area contributed by atoms with E-state index in [0.717, 1.165) is 29.1 Å². The SMILES string of the molecule is CCCc1nnc2c(=O)n(CC(=O)Nc3cccc(SC)c3)c3ccccc3n12. The molecule has 0 fully saturated rings. The van der Waals surface area contributed by atoms with Crippen LogP contribution in [0.4, 0.5) is 5.69 Å². The van der Waals surface area contributed by atoms with E-state index in [2.05, 4.69) is 22.4 Å². The average Bonchev–Trinajstić information content (AvgIpc) is 3.15. The molecule has 7 nitrogen and oxygen atoms in total. The van der Waals surface area contributed by atoms with Crippen LogP contribution in [0.5, 0.6) is 0 Å². The van der Waals surface area contributed by atoms with Crippen molar-refractivity contribution >= 4 is 40.0 Å². The average molecular weight is 407 g/mol. The third-order valence-corrected chi connectivity index (χ3v) is 5.43. The van der Waals surface area contributed by atoms with Gasteiger partial charge in [-0.1, -0.05) is 25.1 Å². The lowest BCUT2D eigenvalue weighted by molar-refractivity contribution is -0.116. The lowest BCUT2D eigenvalue weighted by Crippen LogP contribution is -2.29. The van der Waals surface area contributed by atoms with E-state index < -0.39 is 0 Å². The van der Waals surface area contributed by atoms with Crippen molar-refractivity contribution in [3.05, 3.63) is 64.7 Å². The molecule has 0 radical (unpaired) electrons. The van der Waals surface area contributed by atoms with Crippen LogP contribution in [0.15, 0.2) is 58.2 Å². The third-order valence-electron chi connectivity index (χ3n) is 4.71. The van der Waals surface area contributed by atoms with Gasteiger partial charge in [0.05, 0.1) is 11.0 Å². The largest absolute Gasteiger partial charge is 0.324 e. The van der Waals surface area contributed by atoms with Crippen LogP contribution in [0.2, 0.25) is 0 Å². The number of benzene rings is 2. The number of carbonyl (C=O) groups excluding carboxylic acids is 1. The Labute approximate surface area is 171 Å². The highest BCUT2D eigenvalue weighted by Crippen LogP contribution is 2.19. The number of amides is 1. The van der Waals surface area contributed by atoms with Crippen molar-refractivity contribution in [3.8, 4) is 0 Å². The molecule has 8 heteroatoms. The highest BCUT2D eigenvalue weighted by atomic mass is 32.2. The van der Waals surface area contributed by atoms with Crippen molar-refractivity contribution in [2.24, 2.45) is 0 Å². The Hall–Kier alpha value is -3.13. The van der Waals surface area contributed by atoms with Crippen LogP contribution in [-0.4, -0.2) is 31.3 Å². The second-order valence-corrected chi connectivity index (χ2v) is 7.57. The Morgan fingerprint density at radius 3 is 2.66 bits per heavy atom. The molecule has 0 saturated carbocycles. The number of para-hydroxylation sites is 2. The predicted octanol–water partition coefficient (Wildman–Crippen LogP) is 3.36. The molecular weight excluding hydrogens is 386 g/mol. The van der Waals surface area contributed by atoms with Crippen molar-refractivity contribution in [2.45, 2.75) is 31.2 Å². The Bertz CT molecular complexity index is 1260. The molecule has 2 aromatic heterocycles. The Kier molecular flexibility index (Phi) is 5.35. The summed E-state index contributed by atoms with van der Waals surface area (Å²) >= 11 is 1.60. The lowest BCUT2D eigenvalue weighted by Gasteiger charge is -2.13. The van der Waals surface area contributed by atoms with Crippen LogP contribution in [-0.2, 0) is 17.8 Å². The number of nitrogens with one attached hydrogen (secondary N) is 1. The Morgan fingerprint density at radius 2 is 1.90 bits per heavy atom. The van der Waals surface area contributed by atoms with Crippen LogP contribution in [0.3, 0.4) is 0 Å². The van der Waals surface area contributed by atoms with Crippen molar-refractivity contribution in [1.82, 2.24) is 19.2 Å². The Balaban J connectivity index is 1.76. The van der Waals surface area contributed by atoms with Crippen molar-refractivity contribution < 1.29 is 4.79 Å². The standard InChI is InChI=1S/C21H21N5O2S/c1-3-7-18-23-24-20-21(28)25(16-10-4-5-11-17(16)26(18)20)13-19(27)22-14-8-6-9-15(12-14)29-2/h4-6,8-12H,3,7,13H2,1-2H3,(H,22,27). The topological polar surface area (TPSA) is 81.3 Å². The molecule has 0 spiro atoms. The molecule has 2 aromatic carbocycles. The fourth-order valence-electron chi connectivity index (χ4n) is 3.41. The zero-order chi connectivity index (χ0) is 20.4. The first-order chi connectivity index (χ1) is 14.1. The molecular formula is C21H21N5O2S. The summed E-state index contributed by atoms with van der Waals surface area (Å²) in [6.07, 6.45) is 3.60. The van der Waals surface area contributed by atoms with Gasteiger partial charge in [0.2, 0.25) is 11.6 Å². The van der Waals surface area contributed by atoms with E-state index in [1.54, 1.807) is 16.2 Å². The molecule has 29 heavy (non-hydrogen) atoms. The van der Waals surface area contributed by atoms with E-state index in [9.17, 15) is 9.59 Å². The van der Waals surface area contributed by atoms with Crippen LogP contribution in [0.1, 0.15) is 19.2 Å². The first-order valence-electron chi connectivity index (χ1n) is 9.42. The maximum Gasteiger partial charge on any atom is 0.297 e. The minimum atomic E-state index is -0.327. The van der Waals surface area contributed by atoms with Crippen molar-refractivity contribution in [2.75, 3.05) is 11.6 Å². The number of thioether (sulfide) groups is 1. The van der Waals surface area contributed by atoms with E-state index in [1.165, 1.54) is 4.57 Å². The van der Waals surface area contributed by atoms with Gasteiger partial charge in [0, 0.05) is 17.0 Å². The fraction of sp³-hybridized carbons (Fsp3) is 0.238. The number of nitrogens with zero attached hydrogens (tertiary/aromatic N) is 4. The Morgan fingerprint density at radius 1 is 1.10 bits per heavy atom. The molecule has 0 aliphatic heterocycles. The second-order valence-electron chi connectivity index (χ2n) is 6.69. The highest BCUT2D eigenvalue weighted by Gasteiger charge is 2.17. The number of aryl methyl sites for hydroxylation is 1. The summed E-state index contributed by atoms with van der Waals surface area (Å²) in [6, 6.07) is 15.1. The summed E-state index contributed by atoms with van der Waals surface area (Å²) in [7, 11) is 0. The molecule has 0 bridgehead atoms. The van der Waals surface area contributed by atoms with E-state index in [4.69, 9.17) is 0 Å². The van der Waals surface area contributed by atoms with E-state index in [0.29, 0.717) is 11.2 Å². The normalized spacial score (nSPS) is 11.2. The number of aromatic nitrogens is 4. The molecule has 0 saturated heterocycles. The van der Waals surface area contributed by atoms with Crippen LogP contribution in [0, 0.1) is 0 Å².